The van der Waals surface area contributed by atoms with Gasteiger partial charge in [0.1, 0.15) is 6.54 Å². The third-order valence-electron chi connectivity index (χ3n) is 3.48. The number of rotatable bonds is 11. The normalized spacial score (nSPS) is 10.1. The largest absolute Gasteiger partial charge is 0.466 e. The van der Waals surface area contributed by atoms with E-state index in [4.69, 9.17) is 15.3 Å². The van der Waals surface area contributed by atoms with Crippen LogP contribution in [0, 0.1) is 0 Å². The predicted molar refractivity (Wildman–Crippen MR) is 100 cm³/mol. The molecule has 0 saturated carbocycles. The second-order valence-electron chi connectivity index (χ2n) is 5.61. The van der Waals surface area contributed by atoms with Gasteiger partial charge >= 0.3 is 12.0 Å². The molecule has 0 aliphatic rings. The molecule has 0 fully saturated rings. The van der Waals surface area contributed by atoms with Crippen LogP contribution in [0.15, 0.2) is 24.3 Å². The van der Waals surface area contributed by atoms with E-state index in [2.05, 4.69) is 10.6 Å². The summed E-state index contributed by atoms with van der Waals surface area (Å²) < 4.78 is 4.81. The lowest BCUT2D eigenvalue weighted by Crippen LogP contribution is -2.43. The lowest BCUT2D eigenvalue weighted by Gasteiger charge is -2.20. The van der Waals surface area contributed by atoms with Crippen molar-refractivity contribution in [3.05, 3.63) is 29.8 Å². The molecule has 9 heteroatoms. The molecule has 0 aliphatic heterocycles. The molecular weight excluding hydrogens is 352 g/mol. The van der Waals surface area contributed by atoms with Crippen molar-refractivity contribution < 1.29 is 24.0 Å². The van der Waals surface area contributed by atoms with E-state index in [1.807, 2.05) is 12.1 Å². The van der Waals surface area contributed by atoms with E-state index in [0.717, 1.165) is 10.6 Å². The Morgan fingerprint density at radius 2 is 1.81 bits per heavy atom. The number of likely N-dealkylation sites (N-methyl/N-ethyl adjacent to an activating group) is 1. The first kappa shape index (κ1) is 22.2. The fraction of sp³-hybridized carbons (Fsp3) is 0.500. The van der Waals surface area contributed by atoms with E-state index in [1.54, 1.807) is 26.0 Å². The van der Waals surface area contributed by atoms with Crippen molar-refractivity contribution in [2.75, 3.05) is 32.0 Å². The van der Waals surface area contributed by atoms with Gasteiger partial charge in [-0.15, -0.1) is 0 Å². The highest BCUT2D eigenvalue weighted by atomic mass is 16.7. The number of hydroxylamine groups is 2. The van der Waals surface area contributed by atoms with Gasteiger partial charge in [-0.1, -0.05) is 12.1 Å². The Bertz CT molecular complexity index is 606. The van der Waals surface area contributed by atoms with Crippen molar-refractivity contribution in [3.63, 3.8) is 0 Å². The number of benzene rings is 1. The molecule has 3 amide bonds. The minimum atomic E-state index is -0.460. The molecule has 150 valence electrons. The van der Waals surface area contributed by atoms with Crippen LogP contribution in [-0.4, -0.2) is 49.3 Å². The summed E-state index contributed by atoms with van der Waals surface area (Å²) in [6.07, 6.45) is 0.670. The number of hydrogen-bond acceptors (Lipinski definition) is 6. The second kappa shape index (κ2) is 12.5. The van der Waals surface area contributed by atoms with Gasteiger partial charge in [0.15, 0.2) is 0 Å². The number of hydrogen-bond donors (Lipinski definition) is 3. The first-order chi connectivity index (χ1) is 13.0. The summed E-state index contributed by atoms with van der Waals surface area (Å²) in [4.78, 5) is 40.4. The van der Waals surface area contributed by atoms with Gasteiger partial charge in [0.05, 0.1) is 13.2 Å². The third-order valence-corrected chi connectivity index (χ3v) is 3.48. The average Bonchev–Trinajstić information content (AvgIpc) is 2.66. The first-order valence-corrected chi connectivity index (χ1v) is 8.91. The highest BCUT2D eigenvalue weighted by molar-refractivity contribution is 5.83. The van der Waals surface area contributed by atoms with Gasteiger partial charge in [-0.25, -0.2) is 9.86 Å². The molecule has 9 nitrogen and oxygen atoms in total. The number of nitrogens with one attached hydrogen (secondary N) is 2. The molecule has 1 aromatic rings. The summed E-state index contributed by atoms with van der Waals surface area (Å²) in [5.74, 6) is -0.675. The molecule has 1 rings (SSSR count). The van der Waals surface area contributed by atoms with Crippen LogP contribution in [0.1, 0.15) is 32.3 Å². The Morgan fingerprint density at radius 3 is 2.44 bits per heavy atom. The molecule has 0 aromatic heterocycles. The molecule has 0 heterocycles. The monoisotopic (exact) mass is 380 g/mol. The molecule has 0 spiro atoms. The van der Waals surface area contributed by atoms with Crippen LogP contribution in [0.3, 0.4) is 0 Å². The summed E-state index contributed by atoms with van der Waals surface area (Å²) in [6.45, 7) is 4.50. The fourth-order valence-corrected chi connectivity index (χ4v) is 2.09. The first-order valence-electron chi connectivity index (χ1n) is 8.91. The van der Waals surface area contributed by atoms with Gasteiger partial charge in [0.25, 0.3) is 5.91 Å². The highest BCUT2D eigenvalue weighted by Gasteiger charge is 2.14. The molecular formula is C18H28N4O5. The lowest BCUT2D eigenvalue weighted by molar-refractivity contribution is -0.184. The summed E-state index contributed by atoms with van der Waals surface area (Å²) in [5, 5.41) is 6.30. The number of urea groups is 1. The minimum absolute atomic E-state index is 0.195. The molecule has 0 aliphatic carbocycles. The number of nitrogens with zero attached hydrogens (tertiary/aromatic N) is 1. The van der Waals surface area contributed by atoms with Crippen molar-refractivity contribution in [1.29, 1.82) is 0 Å². The SMILES string of the molecule is CCOC(=O)CCCON(CC)C(=O)CNC(=O)NCc1ccc(N)cc1. The highest BCUT2D eigenvalue weighted by Crippen LogP contribution is 2.04. The number of esters is 1. The predicted octanol–water partition coefficient (Wildman–Crippen LogP) is 1.19. The Morgan fingerprint density at radius 1 is 1.11 bits per heavy atom. The Labute approximate surface area is 159 Å². The number of carbonyl (C=O) groups excluding carboxylic acids is 3. The molecule has 0 radical (unpaired) electrons. The number of amides is 3. The van der Waals surface area contributed by atoms with Crippen molar-refractivity contribution in [3.8, 4) is 0 Å². The molecule has 1 aromatic carbocycles. The molecule has 0 bridgehead atoms. The minimum Gasteiger partial charge on any atom is -0.466 e. The third kappa shape index (κ3) is 9.45. The van der Waals surface area contributed by atoms with Gasteiger partial charge in [0.2, 0.25) is 0 Å². The topological polar surface area (TPSA) is 123 Å². The van der Waals surface area contributed by atoms with E-state index >= 15 is 0 Å². The maximum absolute atomic E-state index is 12.1. The van der Waals surface area contributed by atoms with Crippen molar-refractivity contribution in [1.82, 2.24) is 15.7 Å². The van der Waals surface area contributed by atoms with Crippen LogP contribution in [0.25, 0.3) is 0 Å². The zero-order chi connectivity index (χ0) is 20.1. The Kier molecular flexibility index (Phi) is 10.3. The van der Waals surface area contributed by atoms with E-state index < -0.39 is 6.03 Å². The van der Waals surface area contributed by atoms with E-state index in [1.165, 1.54) is 0 Å². The number of ether oxygens (including phenoxy) is 1. The van der Waals surface area contributed by atoms with Gasteiger partial charge < -0.3 is 21.1 Å². The van der Waals surface area contributed by atoms with Crippen molar-refractivity contribution >= 4 is 23.6 Å². The van der Waals surface area contributed by atoms with E-state index in [-0.39, 0.29) is 31.4 Å². The molecule has 0 unspecified atom stereocenters. The number of anilines is 1. The van der Waals surface area contributed by atoms with Gasteiger partial charge in [-0.2, -0.15) is 0 Å². The number of carbonyl (C=O) groups is 3. The van der Waals surface area contributed by atoms with Gasteiger partial charge in [-0.05, 0) is 38.0 Å². The maximum Gasteiger partial charge on any atom is 0.315 e. The fourth-order valence-electron chi connectivity index (χ4n) is 2.09. The van der Waals surface area contributed by atoms with E-state index in [0.29, 0.717) is 31.8 Å². The van der Waals surface area contributed by atoms with Crippen LogP contribution in [-0.2, 0) is 25.7 Å². The van der Waals surface area contributed by atoms with Crippen LogP contribution in [0.5, 0.6) is 0 Å². The summed E-state index contributed by atoms with van der Waals surface area (Å²) >= 11 is 0. The van der Waals surface area contributed by atoms with Crippen molar-refractivity contribution in [2.45, 2.75) is 33.2 Å². The molecule has 27 heavy (non-hydrogen) atoms. The number of nitrogens with two attached hydrogens (primary N) is 1. The summed E-state index contributed by atoms with van der Waals surface area (Å²) in [6, 6.07) is 6.65. The van der Waals surface area contributed by atoms with Crippen LogP contribution in [0.4, 0.5) is 10.5 Å². The zero-order valence-electron chi connectivity index (χ0n) is 15.8. The molecule has 0 atom stereocenters. The van der Waals surface area contributed by atoms with E-state index in [9.17, 15) is 14.4 Å². The van der Waals surface area contributed by atoms with Gasteiger partial charge in [-0.3, -0.25) is 14.4 Å². The smallest absolute Gasteiger partial charge is 0.315 e. The lowest BCUT2D eigenvalue weighted by atomic mass is 10.2. The van der Waals surface area contributed by atoms with Crippen LogP contribution in [0.2, 0.25) is 0 Å². The Balaban J connectivity index is 2.24. The van der Waals surface area contributed by atoms with Crippen molar-refractivity contribution in [2.24, 2.45) is 0 Å². The standard InChI is InChI=1S/C18H28N4O5/c1-3-22(27-11-5-6-17(24)26-4-2)16(23)13-21-18(25)20-12-14-7-9-15(19)10-8-14/h7-10H,3-6,11-13,19H2,1-2H3,(H2,20,21,25). The number of nitrogen functional groups attached to an aromatic ring is 1. The average molecular weight is 380 g/mol. The zero-order valence-corrected chi connectivity index (χ0v) is 15.8. The molecule has 4 N–H and O–H groups in total. The summed E-state index contributed by atoms with van der Waals surface area (Å²) in [5.41, 5.74) is 7.14. The molecule has 0 saturated heterocycles. The van der Waals surface area contributed by atoms with Crippen LogP contribution >= 0.6 is 0 Å². The maximum atomic E-state index is 12.1. The van der Waals surface area contributed by atoms with Gasteiger partial charge in [0, 0.05) is 25.2 Å². The second-order valence-corrected chi connectivity index (χ2v) is 5.61. The van der Waals surface area contributed by atoms with Crippen LogP contribution < -0.4 is 16.4 Å². The summed E-state index contributed by atoms with van der Waals surface area (Å²) in [7, 11) is 0. The quantitative estimate of drug-likeness (QED) is 0.229. The Hall–Kier alpha value is -2.81.